The van der Waals surface area contributed by atoms with Gasteiger partial charge < -0.3 is 30.2 Å². The van der Waals surface area contributed by atoms with E-state index in [2.05, 4.69) is 15.0 Å². The number of hydrogen-bond donors (Lipinski definition) is 4. The van der Waals surface area contributed by atoms with E-state index in [4.69, 9.17) is 19.9 Å². The number of benzene rings is 1. The molecule has 14 nitrogen and oxygen atoms in total. The molecule has 1 fully saturated rings. The number of H-pyrrole nitrogens is 1. The molecule has 0 amide bonds. The van der Waals surface area contributed by atoms with Crippen LogP contribution >= 0.6 is 0 Å². The third-order valence-electron chi connectivity index (χ3n) is 5.92. The van der Waals surface area contributed by atoms with Gasteiger partial charge in [-0.25, -0.2) is 4.98 Å². The lowest BCUT2D eigenvalue weighted by Gasteiger charge is -2.31. The third kappa shape index (κ3) is 4.81. The summed E-state index contributed by atoms with van der Waals surface area (Å²) in [6, 6.07) is 6.29. The maximum atomic E-state index is 12.2. The Hall–Kier alpha value is -3.43. The first-order valence-corrected chi connectivity index (χ1v) is 11.2. The van der Waals surface area contributed by atoms with Crippen molar-refractivity contribution in [3.05, 3.63) is 56.6 Å². The predicted octanol–water partition coefficient (Wildman–Crippen LogP) is 1.01. The molecule has 5 N–H and O–H groups in total. The van der Waals surface area contributed by atoms with E-state index in [1.165, 1.54) is 17.0 Å². The van der Waals surface area contributed by atoms with Crippen LogP contribution in [0.5, 0.6) is 0 Å². The monoisotopic (exact) mass is 504 g/mol. The van der Waals surface area contributed by atoms with E-state index in [1.807, 2.05) is 20.8 Å². The van der Waals surface area contributed by atoms with Crippen LogP contribution < -0.4 is 11.3 Å². The Balaban J connectivity index is 1.60. The smallest absolute Gasteiger partial charge is 0.280 e. The highest BCUT2D eigenvalue weighted by Gasteiger charge is 2.46. The summed E-state index contributed by atoms with van der Waals surface area (Å²) in [7, 11) is 0. The highest BCUT2D eigenvalue weighted by Crippen LogP contribution is 2.40. The molecule has 2 aromatic heterocycles. The van der Waals surface area contributed by atoms with E-state index >= 15 is 0 Å². The van der Waals surface area contributed by atoms with Crippen LogP contribution in [0.1, 0.15) is 38.7 Å². The fourth-order valence-electron chi connectivity index (χ4n) is 4.27. The largest absolute Gasteiger partial charge is 0.394 e. The maximum Gasteiger partial charge on any atom is 0.280 e. The van der Waals surface area contributed by atoms with Crippen LogP contribution in [0.3, 0.4) is 0 Å². The summed E-state index contributed by atoms with van der Waals surface area (Å²) in [6.45, 7) is 4.76. The minimum Gasteiger partial charge on any atom is -0.394 e. The zero-order valence-corrected chi connectivity index (χ0v) is 19.9. The quantitative estimate of drug-likeness (QED) is 0.194. The van der Waals surface area contributed by atoms with Crippen molar-refractivity contribution in [2.75, 3.05) is 19.1 Å². The number of aliphatic hydroxyl groups is 2. The molecule has 0 radical (unpaired) electrons. The molecule has 36 heavy (non-hydrogen) atoms. The Labute approximate surface area is 204 Å². The van der Waals surface area contributed by atoms with E-state index in [1.54, 1.807) is 18.2 Å². The van der Waals surface area contributed by atoms with E-state index in [0.717, 1.165) is 0 Å². The number of rotatable bonds is 8. The number of nitrogens with zero attached hydrogens (tertiary/aromatic N) is 4. The number of nitrogens with one attached hydrogen (secondary N) is 1. The molecule has 5 atom stereocenters. The molecule has 3 heterocycles. The van der Waals surface area contributed by atoms with Crippen LogP contribution in [0, 0.1) is 15.5 Å². The van der Waals surface area contributed by atoms with E-state index in [9.17, 15) is 25.1 Å². The predicted molar refractivity (Wildman–Crippen MR) is 126 cm³/mol. The summed E-state index contributed by atoms with van der Waals surface area (Å²) in [5, 5.41) is 32.0. The van der Waals surface area contributed by atoms with Gasteiger partial charge in [0.2, 0.25) is 5.95 Å². The Morgan fingerprint density at radius 2 is 2.08 bits per heavy atom. The van der Waals surface area contributed by atoms with Gasteiger partial charge in [0, 0.05) is 6.07 Å². The van der Waals surface area contributed by atoms with Crippen LogP contribution in [0.2, 0.25) is 0 Å². The lowest BCUT2D eigenvalue weighted by atomic mass is 9.84. The maximum absolute atomic E-state index is 12.2. The standard InChI is InChI=1S/C22H28N6O8/c1-22(2,3)17(11-6-4-5-7-12(11)28(32)33)35-10-34-16-15(30)13(8-29)36-20(16)27-9-24-14-18(27)25-21(23)26-19(14)31/h4-7,9,13,15-17,20,29-30H,8,10H2,1-3H3,(H3,23,25,26,31)/t13-,15+,16-,17?,20-/m1/s1. The van der Waals surface area contributed by atoms with E-state index in [-0.39, 0.29) is 29.6 Å². The molecule has 0 saturated carbocycles. The normalized spacial score (nSPS) is 23.2. The molecule has 3 aromatic rings. The number of nitro benzene ring substituents is 1. The Morgan fingerprint density at radius 3 is 2.75 bits per heavy atom. The number of nitrogen functional groups attached to an aromatic ring is 1. The fourth-order valence-corrected chi connectivity index (χ4v) is 4.27. The topological polar surface area (TPSA) is 201 Å². The SMILES string of the molecule is CC(C)(C)C(OCO[C@@H]1[C@@H](O)[C@@H](CO)O[C@H]1n1cnc2c(=O)[nH]c(N)nc21)c1ccccc1[N+](=O)[O-]. The van der Waals surface area contributed by atoms with Crippen molar-refractivity contribution < 1.29 is 29.3 Å². The van der Waals surface area contributed by atoms with Crippen molar-refractivity contribution >= 4 is 22.8 Å². The highest BCUT2D eigenvalue weighted by molar-refractivity contribution is 5.70. The Morgan fingerprint density at radius 1 is 1.36 bits per heavy atom. The lowest BCUT2D eigenvalue weighted by Crippen LogP contribution is -2.36. The summed E-state index contributed by atoms with van der Waals surface area (Å²) in [6.07, 6.45) is -3.78. The molecule has 1 saturated heterocycles. The van der Waals surface area contributed by atoms with Gasteiger partial charge in [-0.1, -0.05) is 32.9 Å². The van der Waals surface area contributed by atoms with Gasteiger partial charge in [-0.15, -0.1) is 0 Å². The van der Waals surface area contributed by atoms with Crippen molar-refractivity contribution in [3.63, 3.8) is 0 Å². The molecule has 4 rings (SSSR count). The van der Waals surface area contributed by atoms with Crippen molar-refractivity contribution in [2.45, 2.75) is 51.4 Å². The summed E-state index contributed by atoms with van der Waals surface area (Å²) in [5.74, 6) is -0.134. The third-order valence-corrected chi connectivity index (χ3v) is 5.92. The molecule has 0 aliphatic carbocycles. The average Bonchev–Trinajstić information content (AvgIpc) is 3.36. The number of imidazole rings is 1. The molecule has 1 unspecified atom stereocenters. The number of aromatic amines is 1. The zero-order chi connectivity index (χ0) is 26.2. The van der Waals surface area contributed by atoms with Gasteiger partial charge in [-0.2, -0.15) is 4.98 Å². The summed E-state index contributed by atoms with van der Waals surface area (Å²) in [4.78, 5) is 33.8. The number of aliphatic hydroxyl groups excluding tert-OH is 2. The minimum absolute atomic E-state index is 0.00826. The van der Waals surface area contributed by atoms with Gasteiger partial charge in [0.25, 0.3) is 11.2 Å². The van der Waals surface area contributed by atoms with Gasteiger partial charge >= 0.3 is 0 Å². The molecule has 1 aliphatic rings. The minimum atomic E-state index is -1.26. The Bertz CT molecular complexity index is 1300. The molecular weight excluding hydrogens is 476 g/mol. The summed E-state index contributed by atoms with van der Waals surface area (Å²) < 4.78 is 19.0. The van der Waals surface area contributed by atoms with Crippen LogP contribution in [0.4, 0.5) is 11.6 Å². The molecular formula is C22H28N6O8. The first kappa shape index (κ1) is 25.7. The lowest BCUT2D eigenvalue weighted by molar-refractivity contribution is -0.386. The second-order valence-electron chi connectivity index (χ2n) is 9.49. The van der Waals surface area contributed by atoms with Crippen molar-refractivity contribution in [1.82, 2.24) is 19.5 Å². The van der Waals surface area contributed by atoms with Crippen LogP contribution in [-0.4, -0.2) is 66.4 Å². The highest BCUT2D eigenvalue weighted by atomic mass is 16.7. The number of anilines is 1. The molecule has 14 heteroatoms. The van der Waals surface area contributed by atoms with Gasteiger partial charge in [-0.05, 0) is 11.5 Å². The second kappa shape index (κ2) is 9.91. The van der Waals surface area contributed by atoms with Crippen molar-refractivity contribution in [2.24, 2.45) is 5.41 Å². The number of hydrogen-bond acceptors (Lipinski definition) is 11. The van der Waals surface area contributed by atoms with Gasteiger partial charge in [-0.3, -0.25) is 24.5 Å². The zero-order valence-electron chi connectivity index (χ0n) is 19.9. The van der Waals surface area contributed by atoms with E-state index < -0.39 is 53.1 Å². The first-order chi connectivity index (χ1) is 17.0. The van der Waals surface area contributed by atoms with Crippen LogP contribution in [0.25, 0.3) is 11.2 Å². The average molecular weight is 505 g/mol. The molecule has 194 valence electrons. The van der Waals surface area contributed by atoms with E-state index in [0.29, 0.717) is 5.56 Å². The van der Waals surface area contributed by atoms with Crippen LogP contribution in [-0.2, 0) is 14.2 Å². The molecule has 0 spiro atoms. The summed E-state index contributed by atoms with van der Waals surface area (Å²) in [5.41, 5.74) is 4.99. The molecule has 0 bridgehead atoms. The number of aromatic nitrogens is 4. The van der Waals surface area contributed by atoms with Crippen LogP contribution in [0.15, 0.2) is 35.4 Å². The molecule has 1 aromatic carbocycles. The number of para-hydroxylation sites is 1. The van der Waals surface area contributed by atoms with Gasteiger partial charge in [0.15, 0.2) is 17.4 Å². The molecule has 1 aliphatic heterocycles. The second-order valence-corrected chi connectivity index (χ2v) is 9.49. The number of fused-ring (bicyclic) bond motifs is 1. The van der Waals surface area contributed by atoms with Crippen molar-refractivity contribution in [1.29, 1.82) is 0 Å². The number of ether oxygens (including phenoxy) is 3. The van der Waals surface area contributed by atoms with Crippen molar-refractivity contribution in [3.8, 4) is 0 Å². The first-order valence-electron chi connectivity index (χ1n) is 11.2. The Kier molecular flexibility index (Phi) is 7.06. The summed E-state index contributed by atoms with van der Waals surface area (Å²) >= 11 is 0. The van der Waals surface area contributed by atoms with Gasteiger partial charge in [0.1, 0.15) is 25.1 Å². The fraction of sp³-hybridized carbons (Fsp3) is 0.500. The number of nitrogens with two attached hydrogens (primary N) is 1. The number of nitro groups is 1. The van der Waals surface area contributed by atoms with Gasteiger partial charge in [0.05, 0.1) is 29.5 Å².